The summed E-state index contributed by atoms with van der Waals surface area (Å²) in [5, 5.41) is 18.1. The molecule has 17 heavy (non-hydrogen) atoms. The maximum atomic E-state index is 11.2. The quantitative estimate of drug-likeness (QED) is 0.533. The summed E-state index contributed by atoms with van der Waals surface area (Å²) in [5.41, 5.74) is 6.37. The lowest BCUT2D eigenvalue weighted by atomic mass is 10.00. The van der Waals surface area contributed by atoms with E-state index in [0.29, 0.717) is 5.56 Å². The maximum absolute atomic E-state index is 11.2. The Morgan fingerprint density at radius 2 is 2.06 bits per heavy atom. The van der Waals surface area contributed by atoms with Gasteiger partial charge in [0.25, 0.3) is 0 Å². The van der Waals surface area contributed by atoms with E-state index in [0.717, 1.165) is 0 Å². The number of carbonyl (C=O) groups is 2. The lowest BCUT2D eigenvalue weighted by Crippen LogP contribution is -2.14. The Labute approximate surface area is 103 Å². The highest BCUT2D eigenvalue weighted by atomic mass is 35.5. The Hall–Kier alpha value is -1.59. The van der Waals surface area contributed by atoms with Gasteiger partial charge >= 0.3 is 5.97 Å². The molecular weight excluding hydrogens is 246 g/mol. The number of hydrogen-bond acceptors (Lipinski definition) is 4. The number of anilines is 1. The molecule has 1 atom stereocenters. The van der Waals surface area contributed by atoms with Gasteiger partial charge in [0.05, 0.1) is 5.88 Å². The van der Waals surface area contributed by atoms with E-state index in [1.807, 2.05) is 0 Å². The number of ketones is 1. The van der Waals surface area contributed by atoms with E-state index in [9.17, 15) is 14.7 Å². The van der Waals surface area contributed by atoms with Crippen molar-refractivity contribution in [1.29, 1.82) is 0 Å². The summed E-state index contributed by atoms with van der Waals surface area (Å²) in [7, 11) is 0. The number of carboxylic acid groups (broad SMARTS) is 1. The molecule has 0 fully saturated rings. The van der Waals surface area contributed by atoms with E-state index in [4.69, 9.17) is 22.4 Å². The Kier molecular flexibility index (Phi) is 4.48. The van der Waals surface area contributed by atoms with E-state index in [-0.39, 0.29) is 29.3 Å². The van der Waals surface area contributed by atoms with Crippen molar-refractivity contribution < 1.29 is 19.8 Å². The van der Waals surface area contributed by atoms with Gasteiger partial charge in [0.15, 0.2) is 11.9 Å². The highest BCUT2D eigenvalue weighted by molar-refractivity contribution is 6.27. The summed E-state index contributed by atoms with van der Waals surface area (Å²) in [6.07, 6.45) is -1.67. The van der Waals surface area contributed by atoms with Crippen LogP contribution < -0.4 is 5.73 Å². The second kappa shape index (κ2) is 5.65. The van der Waals surface area contributed by atoms with Crippen LogP contribution >= 0.6 is 11.6 Å². The number of rotatable bonds is 5. The highest BCUT2D eigenvalue weighted by Gasteiger charge is 2.20. The number of aliphatic hydroxyl groups excluding tert-OH is 1. The smallest absolute Gasteiger partial charge is 0.337 e. The molecule has 0 aliphatic heterocycles. The van der Waals surface area contributed by atoms with Crippen LogP contribution in [0, 0.1) is 0 Å². The van der Waals surface area contributed by atoms with Gasteiger partial charge in [-0.05, 0) is 5.56 Å². The number of hydrogen-bond donors (Lipinski definition) is 3. The van der Waals surface area contributed by atoms with E-state index < -0.39 is 12.1 Å². The molecule has 0 spiro atoms. The third kappa shape index (κ3) is 3.18. The van der Waals surface area contributed by atoms with Crippen LogP contribution in [-0.4, -0.2) is 27.8 Å². The molecule has 1 unspecified atom stereocenters. The summed E-state index contributed by atoms with van der Waals surface area (Å²) < 4.78 is 0. The number of nitrogens with two attached hydrogens (primary N) is 1. The first kappa shape index (κ1) is 13.5. The molecule has 5 nitrogen and oxygen atoms in total. The highest BCUT2D eigenvalue weighted by Crippen LogP contribution is 2.24. The van der Waals surface area contributed by atoms with Gasteiger partial charge < -0.3 is 15.9 Å². The van der Waals surface area contributed by atoms with Gasteiger partial charge in [-0.2, -0.15) is 0 Å². The van der Waals surface area contributed by atoms with Gasteiger partial charge in [-0.3, -0.25) is 4.79 Å². The van der Waals surface area contributed by atoms with Crippen molar-refractivity contribution in [2.75, 3.05) is 11.6 Å². The first-order valence-corrected chi connectivity index (χ1v) is 5.36. The summed E-state index contributed by atoms with van der Waals surface area (Å²) in [4.78, 5) is 21.8. The number of benzene rings is 1. The van der Waals surface area contributed by atoms with Crippen LogP contribution in [0.15, 0.2) is 18.2 Å². The lowest BCUT2D eigenvalue weighted by Gasteiger charge is -2.12. The van der Waals surface area contributed by atoms with Gasteiger partial charge in [-0.25, -0.2) is 4.79 Å². The minimum atomic E-state index is -1.69. The van der Waals surface area contributed by atoms with Gasteiger partial charge in [-0.1, -0.05) is 18.2 Å². The average Bonchev–Trinajstić information content (AvgIpc) is 2.30. The largest absolute Gasteiger partial charge is 0.479 e. The predicted octanol–water partition coefficient (Wildman–Crippen LogP) is 0.737. The minimum absolute atomic E-state index is 0.0233. The Bertz CT molecular complexity index is 447. The molecule has 0 amide bonds. The molecular formula is C11H12ClNO4. The van der Waals surface area contributed by atoms with E-state index >= 15 is 0 Å². The molecule has 0 saturated carbocycles. The van der Waals surface area contributed by atoms with Crippen LogP contribution in [0.4, 0.5) is 5.69 Å². The lowest BCUT2D eigenvalue weighted by molar-refractivity contribution is -0.146. The summed E-state index contributed by atoms with van der Waals surface area (Å²) in [6, 6.07) is 4.54. The van der Waals surface area contributed by atoms with Crippen LogP contribution in [-0.2, 0) is 16.0 Å². The van der Waals surface area contributed by atoms with Crippen molar-refractivity contribution in [2.45, 2.75) is 12.5 Å². The number of aliphatic hydroxyl groups is 1. The van der Waals surface area contributed by atoms with Crippen LogP contribution in [0.3, 0.4) is 0 Å². The first-order valence-electron chi connectivity index (χ1n) is 4.83. The number of Topliss-reactive ketones (excluding diaryl/α,β-unsaturated/α-hetero) is 1. The van der Waals surface area contributed by atoms with Gasteiger partial charge in [0.2, 0.25) is 0 Å². The number of carboxylic acids is 1. The van der Waals surface area contributed by atoms with Gasteiger partial charge in [0.1, 0.15) is 0 Å². The number of alkyl halides is 1. The third-order valence-electron chi connectivity index (χ3n) is 2.30. The van der Waals surface area contributed by atoms with Crippen molar-refractivity contribution in [3.8, 4) is 0 Å². The number of nitrogen functional groups attached to an aromatic ring is 1. The molecule has 1 aromatic carbocycles. The molecule has 1 rings (SSSR count). The predicted molar refractivity (Wildman–Crippen MR) is 62.9 cm³/mol. The topological polar surface area (TPSA) is 101 Å². The third-order valence-corrected chi connectivity index (χ3v) is 2.59. The number of halogens is 1. The van der Waals surface area contributed by atoms with Crippen molar-refractivity contribution in [3.63, 3.8) is 0 Å². The van der Waals surface area contributed by atoms with Gasteiger partial charge in [0, 0.05) is 17.7 Å². The van der Waals surface area contributed by atoms with Crippen molar-refractivity contribution in [1.82, 2.24) is 0 Å². The van der Waals surface area contributed by atoms with E-state index in [2.05, 4.69) is 0 Å². The van der Waals surface area contributed by atoms with Gasteiger partial charge in [-0.15, -0.1) is 11.6 Å². The van der Waals surface area contributed by atoms with Crippen LogP contribution in [0.25, 0.3) is 0 Å². The average molecular weight is 258 g/mol. The molecule has 0 saturated heterocycles. The van der Waals surface area contributed by atoms with Crippen molar-refractivity contribution >= 4 is 29.0 Å². The first-order chi connectivity index (χ1) is 7.97. The second-order valence-corrected chi connectivity index (χ2v) is 3.78. The molecule has 0 aromatic heterocycles. The number of aliphatic carboxylic acids is 1. The zero-order chi connectivity index (χ0) is 13.0. The number of para-hydroxylation sites is 1. The van der Waals surface area contributed by atoms with Crippen LogP contribution in [0.2, 0.25) is 0 Å². The summed E-state index contributed by atoms with van der Waals surface area (Å²) >= 11 is 5.37. The van der Waals surface area contributed by atoms with Crippen LogP contribution in [0.5, 0.6) is 0 Å². The molecule has 92 valence electrons. The van der Waals surface area contributed by atoms with Crippen LogP contribution in [0.1, 0.15) is 17.2 Å². The molecule has 6 heteroatoms. The Morgan fingerprint density at radius 1 is 1.41 bits per heavy atom. The molecule has 0 bridgehead atoms. The SMILES string of the molecule is Nc1c(CC(=O)CCl)cccc1C(O)C(=O)O. The zero-order valence-corrected chi connectivity index (χ0v) is 9.65. The molecule has 0 aliphatic carbocycles. The molecule has 0 heterocycles. The Balaban J connectivity index is 3.07. The fraction of sp³-hybridized carbons (Fsp3) is 0.273. The molecule has 4 N–H and O–H groups in total. The normalized spacial score (nSPS) is 12.1. The monoisotopic (exact) mass is 257 g/mol. The zero-order valence-electron chi connectivity index (χ0n) is 8.89. The molecule has 0 aliphatic rings. The van der Waals surface area contributed by atoms with E-state index in [1.165, 1.54) is 12.1 Å². The standard InChI is InChI=1S/C11H12ClNO4/c12-5-7(14)4-6-2-1-3-8(9(6)13)10(15)11(16)17/h1-3,10,15H,4-5,13H2,(H,16,17). The Morgan fingerprint density at radius 3 is 2.59 bits per heavy atom. The van der Waals surface area contributed by atoms with Crippen molar-refractivity contribution in [3.05, 3.63) is 29.3 Å². The van der Waals surface area contributed by atoms with E-state index in [1.54, 1.807) is 6.07 Å². The number of carbonyl (C=O) groups excluding carboxylic acids is 1. The maximum Gasteiger partial charge on any atom is 0.337 e. The van der Waals surface area contributed by atoms with Crippen molar-refractivity contribution in [2.24, 2.45) is 0 Å². The molecule has 0 radical (unpaired) electrons. The minimum Gasteiger partial charge on any atom is -0.479 e. The molecule has 1 aromatic rings. The summed E-state index contributed by atoms with van der Waals surface area (Å²) in [6.45, 7) is 0. The fourth-order valence-corrected chi connectivity index (χ4v) is 1.51. The fourth-order valence-electron chi connectivity index (χ4n) is 1.42. The second-order valence-electron chi connectivity index (χ2n) is 3.51. The summed E-state index contributed by atoms with van der Waals surface area (Å²) in [5.74, 6) is -1.75.